The Balaban J connectivity index is 1.68. The van der Waals surface area contributed by atoms with E-state index in [1.807, 2.05) is 6.92 Å². The number of amides is 3. The van der Waals surface area contributed by atoms with E-state index in [1.54, 1.807) is 49.4 Å². The van der Waals surface area contributed by atoms with Gasteiger partial charge in [-0.1, -0.05) is 12.1 Å². The molecule has 0 spiro atoms. The van der Waals surface area contributed by atoms with Crippen LogP contribution < -0.4 is 14.8 Å². The SMILES string of the molecule is CCOc1ccc(NC(=O)CN2C(=O)SC(=Cc3cccc(OCC)c3O)C2=O)cc1. The van der Waals surface area contributed by atoms with E-state index in [9.17, 15) is 19.5 Å². The van der Waals surface area contributed by atoms with Crippen molar-refractivity contribution >= 4 is 40.6 Å². The molecule has 2 N–H and O–H groups in total. The van der Waals surface area contributed by atoms with Crippen LogP contribution in [0.3, 0.4) is 0 Å². The van der Waals surface area contributed by atoms with Gasteiger partial charge in [-0.05, 0) is 62.0 Å². The average molecular weight is 442 g/mol. The summed E-state index contributed by atoms with van der Waals surface area (Å²) in [4.78, 5) is 38.3. The number of aromatic hydroxyl groups is 1. The van der Waals surface area contributed by atoms with E-state index in [0.717, 1.165) is 4.90 Å². The topological polar surface area (TPSA) is 105 Å². The summed E-state index contributed by atoms with van der Waals surface area (Å²) >= 11 is 0.710. The van der Waals surface area contributed by atoms with Crippen molar-refractivity contribution in [2.75, 3.05) is 25.1 Å². The Morgan fingerprint density at radius 1 is 1.10 bits per heavy atom. The summed E-state index contributed by atoms with van der Waals surface area (Å²) in [5.74, 6) is -0.269. The molecule has 0 atom stereocenters. The van der Waals surface area contributed by atoms with Gasteiger partial charge in [0.1, 0.15) is 12.3 Å². The zero-order chi connectivity index (χ0) is 22.4. The standard InChI is InChI=1S/C22H22N2O6S/c1-3-29-16-10-8-15(9-11-16)23-19(25)13-24-21(27)18(31-22(24)28)12-14-6-5-7-17(20(14)26)30-4-2/h5-12,26H,3-4,13H2,1-2H3,(H,23,25). The Morgan fingerprint density at radius 2 is 1.81 bits per heavy atom. The number of rotatable bonds is 8. The van der Waals surface area contributed by atoms with Gasteiger partial charge in [0.15, 0.2) is 11.5 Å². The fourth-order valence-corrected chi connectivity index (χ4v) is 3.68. The van der Waals surface area contributed by atoms with Gasteiger partial charge >= 0.3 is 0 Å². The number of nitrogens with zero attached hydrogens (tertiary/aromatic N) is 1. The van der Waals surface area contributed by atoms with Crippen molar-refractivity contribution in [1.82, 2.24) is 4.90 Å². The van der Waals surface area contributed by atoms with Crippen molar-refractivity contribution in [3.8, 4) is 17.2 Å². The van der Waals surface area contributed by atoms with Gasteiger partial charge in [-0.3, -0.25) is 19.3 Å². The highest BCUT2D eigenvalue weighted by atomic mass is 32.2. The molecule has 162 valence electrons. The van der Waals surface area contributed by atoms with E-state index in [-0.39, 0.29) is 16.4 Å². The van der Waals surface area contributed by atoms with Crippen LogP contribution in [0.15, 0.2) is 47.4 Å². The van der Waals surface area contributed by atoms with Crippen molar-refractivity contribution in [3.05, 3.63) is 52.9 Å². The van der Waals surface area contributed by atoms with E-state index in [1.165, 1.54) is 6.08 Å². The molecule has 0 unspecified atom stereocenters. The number of carbonyl (C=O) groups excluding carboxylic acids is 3. The van der Waals surface area contributed by atoms with E-state index in [4.69, 9.17) is 9.47 Å². The first-order chi connectivity index (χ1) is 14.9. The van der Waals surface area contributed by atoms with Gasteiger partial charge < -0.3 is 19.9 Å². The number of ether oxygens (including phenoxy) is 2. The summed E-state index contributed by atoms with van der Waals surface area (Å²) < 4.78 is 10.7. The maximum atomic E-state index is 12.7. The van der Waals surface area contributed by atoms with Crippen molar-refractivity contribution in [2.45, 2.75) is 13.8 Å². The number of nitrogens with one attached hydrogen (secondary N) is 1. The van der Waals surface area contributed by atoms with Gasteiger partial charge in [0, 0.05) is 11.3 Å². The number of hydrogen-bond donors (Lipinski definition) is 2. The highest BCUT2D eigenvalue weighted by molar-refractivity contribution is 8.18. The van der Waals surface area contributed by atoms with Gasteiger partial charge in [0.25, 0.3) is 11.1 Å². The Bertz CT molecular complexity index is 1020. The third kappa shape index (κ3) is 5.37. The zero-order valence-electron chi connectivity index (χ0n) is 17.1. The number of thioether (sulfide) groups is 1. The van der Waals surface area contributed by atoms with Crippen molar-refractivity contribution < 1.29 is 29.0 Å². The lowest BCUT2D eigenvalue weighted by Crippen LogP contribution is -2.36. The average Bonchev–Trinajstić information content (AvgIpc) is 3.00. The van der Waals surface area contributed by atoms with Gasteiger partial charge in [-0.2, -0.15) is 0 Å². The molecule has 0 radical (unpaired) electrons. The van der Waals surface area contributed by atoms with Crippen LogP contribution in [0.25, 0.3) is 6.08 Å². The van der Waals surface area contributed by atoms with Crippen LogP contribution in [0.4, 0.5) is 10.5 Å². The summed E-state index contributed by atoms with van der Waals surface area (Å²) in [6, 6.07) is 11.6. The third-order valence-corrected chi connectivity index (χ3v) is 5.15. The number of anilines is 1. The van der Waals surface area contributed by atoms with Gasteiger partial charge in [-0.25, -0.2) is 0 Å². The lowest BCUT2D eigenvalue weighted by atomic mass is 10.1. The molecular weight excluding hydrogens is 420 g/mol. The van der Waals surface area contributed by atoms with Crippen molar-refractivity contribution in [1.29, 1.82) is 0 Å². The number of carbonyl (C=O) groups is 3. The number of benzene rings is 2. The normalized spacial score (nSPS) is 14.8. The Hall–Kier alpha value is -3.46. The van der Waals surface area contributed by atoms with Gasteiger partial charge in [-0.15, -0.1) is 0 Å². The first kappa shape index (κ1) is 22.2. The molecular formula is C22H22N2O6S. The molecule has 0 aliphatic carbocycles. The first-order valence-corrected chi connectivity index (χ1v) is 10.5. The minimum absolute atomic E-state index is 0.114. The van der Waals surface area contributed by atoms with Crippen LogP contribution in [-0.2, 0) is 9.59 Å². The predicted octanol–water partition coefficient (Wildman–Crippen LogP) is 3.86. The lowest BCUT2D eigenvalue weighted by molar-refractivity contribution is -0.127. The van der Waals surface area contributed by atoms with Crippen LogP contribution in [0, 0.1) is 0 Å². The van der Waals surface area contributed by atoms with Crippen molar-refractivity contribution in [2.24, 2.45) is 0 Å². The smallest absolute Gasteiger partial charge is 0.294 e. The van der Waals surface area contributed by atoms with Gasteiger partial charge in [0.2, 0.25) is 5.91 Å². The molecule has 31 heavy (non-hydrogen) atoms. The monoisotopic (exact) mass is 442 g/mol. The fourth-order valence-electron chi connectivity index (χ4n) is 2.85. The van der Waals surface area contributed by atoms with E-state index in [0.29, 0.717) is 42.0 Å². The van der Waals surface area contributed by atoms with Crippen LogP contribution in [0.2, 0.25) is 0 Å². The molecule has 0 bridgehead atoms. The number of phenols is 1. The lowest BCUT2D eigenvalue weighted by Gasteiger charge is -2.13. The number of phenolic OH excluding ortho intramolecular Hbond substituents is 1. The first-order valence-electron chi connectivity index (χ1n) is 9.65. The van der Waals surface area contributed by atoms with Crippen LogP contribution in [0.1, 0.15) is 19.4 Å². The molecule has 1 aliphatic rings. The largest absolute Gasteiger partial charge is 0.504 e. The molecule has 3 amide bonds. The number of hydrogen-bond acceptors (Lipinski definition) is 7. The van der Waals surface area contributed by atoms with E-state index >= 15 is 0 Å². The second-order valence-corrected chi connectivity index (χ2v) is 7.39. The number of imide groups is 1. The zero-order valence-corrected chi connectivity index (χ0v) is 17.9. The summed E-state index contributed by atoms with van der Waals surface area (Å²) in [5.41, 5.74) is 0.865. The Labute approximate surface area is 183 Å². The van der Waals surface area contributed by atoms with Gasteiger partial charge in [0.05, 0.1) is 18.1 Å². The minimum atomic E-state index is -0.599. The van der Waals surface area contributed by atoms with E-state index < -0.39 is 23.6 Å². The molecule has 2 aromatic rings. The molecule has 0 saturated carbocycles. The Morgan fingerprint density at radius 3 is 2.48 bits per heavy atom. The maximum Gasteiger partial charge on any atom is 0.294 e. The van der Waals surface area contributed by atoms with Crippen LogP contribution in [-0.4, -0.2) is 46.8 Å². The van der Waals surface area contributed by atoms with Crippen molar-refractivity contribution in [3.63, 3.8) is 0 Å². The molecule has 1 aliphatic heterocycles. The molecule has 1 saturated heterocycles. The molecule has 3 rings (SSSR count). The minimum Gasteiger partial charge on any atom is -0.504 e. The fraction of sp³-hybridized carbons (Fsp3) is 0.227. The second-order valence-electron chi connectivity index (χ2n) is 6.40. The van der Waals surface area contributed by atoms with Crippen LogP contribution in [0.5, 0.6) is 17.2 Å². The van der Waals surface area contributed by atoms with Crippen LogP contribution >= 0.6 is 11.8 Å². The summed E-state index contributed by atoms with van der Waals surface area (Å²) in [5, 5.41) is 12.4. The summed E-state index contributed by atoms with van der Waals surface area (Å²) in [6.45, 7) is 4.15. The highest BCUT2D eigenvalue weighted by Gasteiger charge is 2.36. The molecule has 8 nitrogen and oxygen atoms in total. The quantitative estimate of drug-likeness (QED) is 0.598. The molecule has 2 aromatic carbocycles. The highest BCUT2D eigenvalue weighted by Crippen LogP contribution is 2.36. The molecule has 1 heterocycles. The second kappa shape index (κ2) is 10.0. The summed E-state index contributed by atoms with van der Waals surface area (Å²) in [7, 11) is 0. The molecule has 0 aromatic heterocycles. The molecule has 1 fully saturated rings. The summed E-state index contributed by atoms with van der Waals surface area (Å²) in [6.07, 6.45) is 1.41. The molecule has 9 heteroatoms. The van der Waals surface area contributed by atoms with E-state index in [2.05, 4.69) is 5.32 Å². The number of para-hydroxylation sites is 1. The predicted molar refractivity (Wildman–Crippen MR) is 118 cm³/mol. The maximum absolute atomic E-state index is 12.7. The third-order valence-electron chi connectivity index (χ3n) is 4.24. The Kier molecular flexibility index (Phi) is 7.19.